The van der Waals surface area contributed by atoms with Gasteiger partial charge in [-0.15, -0.1) is 0 Å². The number of rotatable bonds is 3. The summed E-state index contributed by atoms with van der Waals surface area (Å²) in [6.45, 7) is 7.91. The first kappa shape index (κ1) is 15.5. The van der Waals surface area contributed by atoms with Crippen LogP contribution in [0.3, 0.4) is 0 Å². The van der Waals surface area contributed by atoms with E-state index in [2.05, 4.69) is 29.6 Å². The maximum Gasteiger partial charge on any atom is 0.237 e. The fourth-order valence-corrected chi connectivity index (χ4v) is 2.40. The number of amides is 1. The van der Waals surface area contributed by atoms with Crippen LogP contribution in [0.15, 0.2) is 42.5 Å². The van der Waals surface area contributed by atoms with Gasteiger partial charge in [-0.25, -0.2) is 0 Å². The minimum Gasteiger partial charge on any atom is -0.348 e. The molecule has 2 aromatic rings. The second kappa shape index (κ2) is 5.86. The van der Waals surface area contributed by atoms with Gasteiger partial charge in [-0.05, 0) is 28.7 Å². The highest BCUT2D eigenvalue weighted by Crippen LogP contribution is 2.25. The van der Waals surface area contributed by atoms with Gasteiger partial charge in [0.05, 0.1) is 12.1 Å². The Kier molecular flexibility index (Phi) is 4.33. The van der Waals surface area contributed by atoms with Crippen molar-refractivity contribution in [2.75, 3.05) is 0 Å². The number of hydrogen-bond acceptors (Lipinski definition) is 2. The average Bonchev–Trinajstić information content (AvgIpc) is 2.44. The third-order valence-electron chi connectivity index (χ3n) is 3.86. The van der Waals surface area contributed by atoms with E-state index in [0.717, 1.165) is 10.9 Å². The maximum absolute atomic E-state index is 12.3. The number of nitrogens with one attached hydrogen (secondary N) is 1. The molecular formula is C18H24N2O. The number of fused-ring (bicyclic) bond motifs is 1. The Morgan fingerprint density at radius 2 is 1.71 bits per heavy atom. The smallest absolute Gasteiger partial charge is 0.237 e. The summed E-state index contributed by atoms with van der Waals surface area (Å²) < 4.78 is 0. The second-order valence-electron chi connectivity index (χ2n) is 6.64. The van der Waals surface area contributed by atoms with Gasteiger partial charge in [-0.3, -0.25) is 4.79 Å². The molecule has 0 aliphatic rings. The largest absolute Gasteiger partial charge is 0.348 e. The predicted molar refractivity (Wildman–Crippen MR) is 87.9 cm³/mol. The molecule has 3 nitrogen and oxygen atoms in total. The Morgan fingerprint density at radius 1 is 1.10 bits per heavy atom. The van der Waals surface area contributed by atoms with E-state index in [4.69, 9.17) is 5.73 Å². The molecule has 3 N–H and O–H groups in total. The normalized spacial score (nSPS) is 14.7. The van der Waals surface area contributed by atoms with Crippen LogP contribution in [0.2, 0.25) is 0 Å². The minimum atomic E-state index is -0.519. The monoisotopic (exact) mass is 284 g/mol. The lowest BCUT2D eigenvalue weighted by atomic mass is 9.86. The summed E-state index contributed by atoms with van der Waals surface area (Å²) in [6, 6.07) is 13.7. The van der Waals surface area contributed by atoms with Gasteiger partial charge in [0.1, 0.15) is 0 Å². The van der Waals surface area contributed by atoms with Gasteiger partial charge in [-0.1, -0.05) is 63.2 Å². The predicted octanol–water partition coefficient (Wildman–Crippen LogP) is 3.39. The minimum absolute atomic E-state index is 0.0722. The van der Waals surface area contributed by atoms with Crippen LogP contribution in [0.25, 0.3) is 10.8 Å². The summed E-state index contributed by atoms with van der Waals surface area (Å²) in [6.07, 6.45) is 0. The molecule has 112 valence electrons. The van der Waals surface area contributed by atoms with Gasteiger partial charge in [0.2, 0.25) is 5.91 Å². The summed E-state index contributed by atoms with van der Waals surface area (Å²) in [4.78, 5) is 12.3. The first-order chi connectivity index (χ1) is 9.80. The fraction of sp³-hybridized carbons (Fsp3) is 0.389. The van der Waals surface area contributed by atoms with Crippen molar-refractivity contribution >= 4 is 16.7 Å². The molecule has 2 unspecified atom stereocenters. The van der Waals surface area contributed by atoms with E-state index in [1.54, 1.807) is 0 Å². The Hall–Kier alpha value is -1.87. The fourth-order valence-electron chi connectivity index (χ4n) is 2.40. The zero-order valence-corrected chi connectivity index (χ0v) is 13.2. The van der Waals surface area contributed by atoms with Crippen LogP contribution in [-0.2, 0) is 4.79 Å². The van der Waals surface area contributed by atoms with Gasteiger partial charge in [0.25, 0.3) is 0 Å². The number of benzene rings is 2. The Balaban J connectivity index is 2.23. The van der Waals surface area contributed by atoms with E-state index in [-0.39, 0.29) is 17.4 Å². The Labute approximate surface area is 126 Å². The van der Waals surface area contributed by atoms with Crippen molar-refractivity contribution < 1.29 is 4.79 Å². The molecule has 2 atom stereocenters. The molecule has 0 fully saturated rings. The van der Waals surface area contributed by atoms with Crippen molar-refractivity contribution in [1.82, 2.24) is 5.32 Å². The standard InChI is InChI=1S/C18H24N2O/c1-12(20-17(21)16(19)18(2,3)4)14-11-7-9-13-8-5-6-10-15(13)14/h5-12,16H,19H2,1-4H3,(H,20,21). The Morgan fingerprint density at radius 3 is 2.38 bits per heavy atom. The van der Waals surface area contributed by atoms with Crippen LogP contribution in [0.1, 0.15) is 39.3 Å². The summed E-state index contributed by atoms with van der Waals surface area (Å²) in [5, 5.41) is 5.37. The van der Waals surface area contributed by atoms with E-state index in [1.165, 1.54) is 5.39 Å². The highest BCUT2D eigenvalue weighted by Gasteiger charge is 2.28. The lowest BCUT2D eigenvalue weighted by Gasteiger charge is -2.27. The van der Waals surface area contributed by atoms with Crippen molar-refractivity contribution in [1.29, 1.82) is 0 Å². The average molecular weight is 284 g/mol. The van der Waals surface area contributed by atoms with Crippen molar-refractivity contribution in [3.8, 4) is 0 Å². The molecule has 0 spiro atoms. The first-order valence-corrected chi connectivity index (χ1v) is 7.34. The van der Waals surface area contributed by atoms with E-state index in [1.807, 2.05) is 45.9 Å². The number of carbonyl (C=O) groups excluding carboxylic acids is 1. The van der Waals surface area contributed by atoms with E-state index in [9.17, 15) is 4.79 Å². The number of carbonyl (C=O) groups is 1. The van der Waals surface area contributed by atoms with Crippen molar-refractivity contribution in [3.05, 3.63) is 48.0 Å². The highest BCUT2D eigenvalue weighted by atomic mass is 16.2. The van der Waals surface area contributed by atoms with Gasteiger partial charge in [0.15, 0.2) is 0 Å². The lowest BCUT2D eigenvalue weighted by Crippen LogP contribution is -2.49. The van der Waals surface area contributed by atoms with Crippen LogP contribution in [-0.4, -0.2) is 11.9 Å². The van der Waals surface area contributed by atoms with E-state index >= 15 is 0 Å². The molecule has 0 aliphatic carbocycles. The highest BCUT2D eigenvalue weighted by molar-refractivity contribution is 5.87. The topological polar surface area (TPSA) is 55.1 Å². The van der Waals surface area contributed by atoms with Gasteiger partial charge in [0, 0.05) is 0 Å². The second-order valence-corrected chi connectivity index (χ2v) is 6.64. The van der Waals surface area contributed by atoms with Crippen molar-refractivity contribution in [2.45, 2.75) is 39.8 Å². The maximum atomic E-state index is 12.3. The van der Waals surface area contributed by atoms with Crippen LogP contribution in [0, 0.1) is 5.41 Å². The van der Waals surface area contributed by atoms with E-state index in [0.29, 0.717) is 0 Å². The summed E-state index contributed by atoms with van der Waals surface area (Å²) >= 11 is 0. The molecule has 0 aromatic heterocycles. The molecule has 0 bridgehead atoms. The van der Waals surface area contributed by atoms with Crippen LogP contribution >= 0.6 is 0 Å². The number of nitrogens with two attached hydrogens (primary N) is 1. The molecule has 2 aromatic carbocycles. The van der Waals surface area contributed by atoms with Crippen LogP contribution in [0.5, 0.6) is 0 Å². The lowest BCUT2D eigenvalue weighted by molar-refractivity contribution is -0.125. The quantitative estimate of drug-likeness (QED) is 0.907. The third kappa shape index (κ3) is 3.42. The van der Waals surface area contributed by atoms with Gasteiger partial charge in [-0.2, -0.15) is 0 Å². The van der Waals surface area contributed by atoms with E-state index < -0.39 is 6.04 Å². The van der Waals surface area contributed by atoms with Crippen LogP contribution in [0.4, 0.5) is 0 Å². The molecule has 0 aliphatic heterocycles. The van der Waals surface area contributed by atoms with Gasteiger partial charge >= 0.3 is 0 Å². The summed E-state index contributed by atoms with van der Waals surface area (Å²) in [7, 11) is 0. The van der Waals surface area contributed by atoms with Gasteiger partial charge < -0.3 is 11.1 Å². The Bertz CT molecular complexity index is 638. The molecule has 0 saturated heterocycles. The summed E-state index contributed by atoms with van der Waals surface area (Å²) in [5.41, 5.74) is 6.89. The summed E-state index contributed by atoms with van der Waals surface area (Å²) in [5.74, 6) is -0.108. The molecule has 0 heterocycles. The third-order valence-corrected chi connectivity index (χ3v) is 3.86. The van der Waals surface area contributed by atoms with Crippen LogP contribution < -0.4 is 11.1 Å². The molecule has 2 rings (SSSR count). The molecule has 0 radical (unpaired) electrons. The molecule has 0 saturated carbocycles. The number of hydrogen-bond donors (Lipinski definition) is 2. The van der Waals surface area contributed by atoms with Crippen molar-refractivity contribution in [3.63, 3.8) is 0 Å². The van der Waals surface area contributed by atoms with Crippen molar-refractivity contribution in [2.24, 2.45) is 11.1 Å². The molecule has 3 heteroatoms. The molecule has 21 heavy (non-hydrogen) atoms. The molecular weight excluding hydrogens is 260 g/mol. The zero-order chi connectivity index (χ0) is 15.6. The zero-order valence-electron chi connectivity index (χ0n) is 13.2. The molecule has 1 amide bonds. The first-order valence-electron chi connectivity index (χ1n) is 7.34. The SMILES string of the molecule is CC(NC(=O)C(N)C(C)(C)C)c1cccc2ccccc12.